The summed E-state index contributed by atoms with van der Waals surface area (Å²) < 4.78 is 19.0. The summed E-state index contributed by atoms with van der Waals surface area (Å²) in [6.07, 6.45) is 0. The zero-order valence-corrected chi connectivity index (χ0v) is 9.48. The van der Waals surface area contributed by atoms with E-state index in [2.05, 4.69) is 0 Å². The fourth-order valence-electron chi connectivity index (χ4n) is 1.53. The molecule has 0 heterocycles. The number of benzene rings is 2. The third kappa shape index (κ3) is 2.82. The third-order valence-electron chi connectivity index (χ3n) is 2.40. The van der Waals surface area contributed by atoms with Crippen LogP contribution in [0.5, 0.6) is 11.5 Å². The van der Waals surface area contributed by atoms with E-state index < -0.39 is 5.82 Å². The van der Waals surface area contributed by atoms with E-state index in [1.165, 1.54) is 12.1 Å². The lowest BCUT2D eigenvalue weighted by Crippen LogP contribution is -1.91. The molecule has 0 aromatic heterocycles. The number of aliphatic hydroxyl groups excluding tert-OH is 1. The van der Waals surface area contributed by atoms with Gasteiger partial charge in [0.1, 0.15) is 5.75 Å². The molecule has 2 aromatic carbocycles. The Kier molecular flexibility index (Phi) is 3.40. The number of aryl methyl sites for hydroxylation is 1. The molecule has 0 aliphatic rings. The van der Waals surface area contributed by atoms with Crippen LogP contribution in [-0.2, 0) is 6.61 Å². The van der Waals surface area contributed by atoms with Gasteiger partial charge in [-0.1, -0.05) is 18.2 Å². The van der Waals surface area contributed by atoms with Crippen molar-refractivity contribution in [1.29, 1.82) is 0 Å². The summed E-state index contributed by atoms with van der Waals surface area (Å²) in [6, 6.07) is 11.8. The van der Waals surface area contributed by atoms with E-state index >= 15 is 0 Å². The van der Waals surface area contributed by atoms with Gasteiger partial charge in [-0.2, -0.15) is 0 Å². The predicted molar refractivity (Wildman–Crippen MR) is 63.6 cm³/mol. The van der Waals surface area contributed by atoms with Crippen molar-refractivity contribution >= 4 is 0 Å². The molecule has 17 heavy (non-hydrogen) atoms. The number of hydrogen-bond donors (Lipinski definition) is 1. The molecular formula is C14H13FO2. The highest BCUT2D eigenvalue weighted by molar-refractivity contribution is 5.35. The first-order valence-corrected chi connectivity index (χ1v) is 5.33. The predicted octanol–water partition coefficient (Wildman–Crippen LogP) is 3.42. The SMILES string of the molecule is Cc1cccc(Oc2ccc(CO)cc2F)c1. The van der Waals surface area contributed by atoms with Crippen molar-refractivity contribution in [3.8, 4) is 11.5 Å². The van der Waals surface area contributed by atoms with E-state index in [1.807, 2.05) is 25.1 Å². The molecule has 2 aromatic rings. The summed E-state index contributed by atoms with van der Waals surface area (Å²) in [5, 5.41) is 8.87. The van der Waals surface area contributed by atoms with Crippen molar-refractivity contribution in [1.82, 2.24) is 0 Å². The van der Waals surface area contributed by atoms with Crippen molar-refractivity contribution in [3.05, 3.63) is 59.4 Å². The summed E-state index contributed by atoms with van der Waals surface area (Å²) in [5.74, 6) is 0.284. The lowest BCUT2D eigenvalue weighted by atomic mass is 10.2. The van der Waals surface area contributed by atoms with Gasteiger partial charge in [0.15, 0.2) is 11.6 Å². The molecule has 0 unspecified atom stereocenters. The van der Waals surface area contributed by atoms with E-state index in [4.69, 9.17) is 9.84 Å². The monoisotopic (exact) mass is 232 g/mol. The molecular weight excluding hydrogens is 219 g/mol. The number of rotatable bonds is 3. The van der Waals surface area contributed by atoms with Crippen LogP contribution in [0.15, 0.2) is 42.5 Å². The van der Waals surface area contributed by atoms with Crippen molar-refractivity contribution in [2.75, 3.05) is 0 Å². The molecule has 0 amide bonds. The molecule has 0 atom stereocenters. The Labute approximate surface area is 99.3 Å². The van der Waals surface area contributed by atoms with Gasteiger partial charge in [0.2, 0.25) is 0 Å². The Morgan fingerprint density at radius 3 is 2.65 bits per heavy atom. The van der Waals surface area contributed by atoms with Crippen LogP contribution in [0.4, 0.5) is 4.39 Å². The quantitative estimate of drug-likeness (QED) is 0.878. The lowest BCUT2D eigenvalue weighted by Gasteiger charge is -2.08. The number of ether oxygens (including phenoxy) is 1. The first kappa shape index (κ1) is 11.6. The second-order valence-corrected chi connectivity index (χ2v) is 3.84. The Morgan fingerprint density at radius 2 is 2.00 bits per heavy atom. The molecule has 0 aliphatic carbocycles. The average Bonchev–Trinajstić information content (AvgIpc) is 2.32. The van der Waals surface area contributed by atoms with Gasteiger partial charge in [-0.3, -0.25) is 0 Å². The normalized spacial score (nSPS) is 10.3. The van der Waals surface area contributed by atoms with Crippen LogP contribution in [0, 0.1) is 12.7 Å². The van der Waals surface area contributed by atoms with Crippen molar-refractivity contribution in [2.45, 2.75) is 13.5 Å². The molecule has 1 N–H and O–H groups in total. The topological polar surface area (TPSA) is 29.5 Å². The number of aliphatic hydroxyl groups is 1. The Balaban J connectivity index is 2.24. The van der Waals surface area contributed by atoms with Gasteiger partial charge < -0.3 is 9.84 Å². The van der Waals surface area contributed by atoms with Gasteiger partial charge in [-0.25, -0.2) is 4.39 Å². The highest BCUT2D eigenvalue weighted by Crippen LogP contribution is 2.25. The highest BCUT2D eigenvalue weighted by Gasteiger charge is 2.05. The Morgan fingerprint density at radius 1 is 1.18 bits per heavy atom. The number of hydrogen-bond acceptors (Lipinski definition) is 2. The lowest BCUT2D eigenvalue weighted by molar-refractivity contribution is 0.281. The van der Waals surface area contributed by atoms with E-state index in [0.717, 1.165) is 5.56 Å². The van der Waals surface area contributed by atoms with Gasteiger partial charge in [-0.05, 0) is 42.3 Å². The summed E-state index contributed by atoms with van der Waals surface area (Å²) in [7, 11) is 0. The van der Waals surface area contributed by atoms with Crippen LogP contribution in [0.25, 0.3) is 0 Å². The van der Waals surface area contributed by atoms with Crippen LogP contribution in [0.1, 0.15) is 11.1 Å². The van der Waals surface area contributed by atoms with Gasteiger partial charge in [0, 0.05) is 0 Å². The molecule has 0 aliphatic heterocycles. The Hall–Kier alpha value is -1.87. The molecule has 0 saturated carbocycles. The molecule has 0 spiro atoms. The highest BCUT2D eigenvalue weighted by atomic mass is 19.1. The molecule has 0 radical (unpaired) electrons. The van der Waals surface area contributed by atoms with Gasteiger partial charge >= 0.3 is 0 Å². The molecule has 3 heteroatoms. The minimum atomic E-state index is -0.474. The fraction of sp³-hybridized carbons (Fsp3) is 0.143. The van der Waals surface area contributed by atoms with Crippen LogP contribution in [0.2, 0.25) is 0 Å². The molecule has 0 bridgehead atoms. The smallest absolute Gasteiger partial charge is 0.166 e. The standard InChI is InChI=1S/C14H13FO2/c1-10-3-2-4-12(7-10)17-14-6-5-11(9-16)8-13(14)15/h2-8,16H,9H2,1H3. The van der Waals surface area contributed by atoms with Crippen molar-refractivity contribution in [2.24, 2.45) is 0 Å². The van der Waals surface area contributed by atoms with Gasteiger partial charge in [-0.15, -0.1) is 0 Å². The van der Waals surface area contributed by atoms with Crippen molar-refractivity contribution < 1.29 is 14.2 Å². The second kappa shape index (κ2) is 4.97. The molecule has 88 valence electrons. The maximum atomic E-state index is 13.6. The third-order valence-corrected chi connectivity index (χ3v) is 2.40. The van der Waals surface area contributed by atoms with E-state index in [0.29, 0.717) is 11.3 Å². The van der Waals surface area contributed by atoms with Crippen LogP contribution in [-0.4, -0.2) is 5.11 Å². The molecule has 0 saturated heterocycles. The van der Waals surface area contributed by atoms with Crippen LogP contribution in [0.3, 0.4) is 0 Å². The first-order valence-electron chi connectivity index (χ1n) is 5.33. The molecule has 2 rings (SSSR count). The summed E-state index contributed by atoms with van der Waals surface area (Å²) >= 11 is 0. The van der Waals surface area contributed by atoms with E-state index in [9.17, 15) is 4.39 Å². The average molecular weight is 232 g/mol. The van der Waals surface area contributed by atoms with E-state index in [1.54, 1.807) is 12.1 Å². The van der Waals surface area contributed by atoms with Gasteiger partial charge in [0.05, 0.1) is 6.61 Å². The zero-order valence-electron chi connectivity index (χ0n) is 9.48. The molecule has 2 nitrogen and oxygen atoms in total. The summed E-state index contributed by atoms with van der Waals surface area (Å²) in [4.78, 5) is 0. The molecule has 0 fully saturated rings. The largest absolute Gasteiger partial charge is 0.454 e. The summed E-state index contributed by atoms with van der Waals surface area (Å²) in [6.45, 7) is 1.76. The van der Waals surface area contributed by atoms with Crippen LogP contribution < -0.4 is 4.74 Å². The Bertz CT molecular complexity index is 523. The van der Waals surface area contributed by atoms with Gasteiger partial charge in [0.25, 0.3) is 0 Å². The summed E-state index contributed by atoms with van der Waals surface area (Å²) in [5.41, 5.74) is 1.58. The van der Waals surface area contributed by atoms with Crippen LogP contribution >= 0.6 is 0 Å². The maximum Gasteiger partial charge on any atom is 0.166 e. The van der Waals surface area contributed by atoms with Crippen molar-refractivity contribution in [3.63, 3.8) is 0 Å². The first-order chi connectivity index (χ1) is 8.19. The minimum absolute atomic E-state index is 0.160. The fourth-order valence-corrected chi connectivity index (χ4v) is 1.53. The minimum Gasteiger partial charge on any atom is -0.454 e. The zero-order chi connectivity index (χ0) is 12.3. The second-order valence-electron chi connectivity index (χ2n) is 3.84. The van der Waals surface area contributed by atoms with E-state index in [-0.39, 0.29) is 12.4 Å². The maximum absolute atomic E-state index is 13.6. The number of halogens is 1.